The fourth-order valence-electron chi connectivity index (χ4n) is 9.42. The number of hydrogen-bond donors (Lipinski definition) is 2. The van der Waals surface area contributed by atoms with Gasteiger partial charge in [0.25, 0.3) is 0 Å². The fourth-order valence-corrected chi connectivity index (χ4v) is 9.42. The van der Waals surface area contributed by atoms with E-state index in [4.69, 9.17) is 6.58 Å². The summed E-state index contributed by atoms with van der Waals surface area (Å²) >= 11 is 0. The summed E-state index contributed by atoms with van der Waals surface area (Å²) in [7, 11) is 0. The average molecular weight is 695 g/mol. The van der Waals surface area contributed by atoms with Crippen LogP contribution in [0.2, 0.25) is 0 Å². The second-order valence-electron chi connectivity index (χ2n) is 17.0. The maximum absolute atomic E-state index is 4.77. The van der Waals surface area contributed by atoms with E-state index in [1.54, 1.807) is 0 Å². The van der Waals surface area contributed by atoms with Gasteiger partial charge in [-0.25, -0.2) is 0 Å². The Morgan fingerprint density at radius 3 is 2.11 bits per heavy atom. The van der Waals surface area contributed by atoms with Gasteiger partial charge in [-0.15, -0.1) is 0 Å². The van der Waals surface area contributed by atoms with Crippen molar-refractivity contribution in [3.8, 4) is 22.3 Å². The summed E-state index contributed by atoms with van der Waals surface area (Å²) in [5, 5.41) is 7.81. The quantitative estimate of drug-likeness (QED) is 0.160. The second-order valence-corrected chi connectivity index (χ2v) is 17.0. The third-order valence-corrected chi connectivity index (χ3v) is 12.2. The number of aryl methyl sites for hydroxylation is 2. The SMILES string of the molecule is C=C(Nc1c2ccc(-c3cc4c(cc3Nc3ccc(-c5ccccc5)cc3)CCCC4)c1C=CC=C2)c1cc2c(cc1C(C)CC)C(C)(C)CC2(C)C. The fraction of sp³-hybridized carbons (Fsp3) is 0.294. The van der Waals surface area contributed by atoms with Crippen LogP contribution in [0.15, 0.2) is 110 Å². The van der Waals surface area contributed by atoms with Crippen LogP contribution in [0.25, 0.3) is 40.1 Å². The molecule has 2 nitrogen and oxygen atoms in total. The summed E-state index contributed by atoms with van der Waals surface area (Å²) in [6.45, 7) is 19.1. The van der Waals surface area contributed by atoms with Gasteiger partial charge in [0.05, 0.1) is 5.69 Å². The molecular weight excluding hydrogens is 641 g/mol. The maximum atomic E-state index is 4.77. The molecule has 2 N–H and O–H groups in total. The molecule has 1 atom stereocenters. The Balaban J connectivity index is 1.21. The molecule has 3 aliphatic carbocycles. The highest BCUT2D eigenvalue weighted by Crippen LogP contribution is 2.51. The van der Waals surface area contributed by atoms with Crippen molar-refractivity contribution >= 4 is 34.9 Å². The van der Waals surface area contributed by atoms with E-state index in [1.807, 2.05) is 0 Å². The van der Waals surface area contributed by atoms with E-state index in [9.17, 15) is 0 Å². The molecule has 8 rings (SSSR count). The van der Waals surface area contributed by atoms with Gasteiger partial charge in [0.2, 0.25) is 0 Å². The predicted molar refractivity (Wildman–Crippen MR) is 230 cm³/mol. The molecule has 3 aliphatic rings. The van der Waals surface area contributed by atoms with Crippen LogP contribution in [0.5, 0.6) is 0 Å². The molecular formula is C51H54N2. The highest BCUT2D eigenvalue weighted by Gasteiger charge is 2.42. The molecule has 0 spiro atoms. The zero-order valence-electron chi connectivity index (χ0n) is 32.5. The molecule has 5 aromatic carbocycles. The van der Waals surface area contributed by atoms with Gasteiger partial charge < -0.3 is 10.6 Å². The van der Waals surface area contributed by atoms with E-state index < -0.39 is 0 Å². The normalized spacial score (nSPS) is 16.7. The molecule has 268 valence electrons. The lowest BCUT2D eigenvalue weighted by atomic mass is 9.82. The van der Waals surface area contributed by atoms with Crippen molar-refractivity contribution in [2.75, 3.05) is 10.6 Å². The summed E-state index contributed by atoms with van der Waals surface area (Å²) < 4.78 is 0. The van der Waals surface area contributed by atoms with Gasteiger partial charge in [-0.1, -0.05) is 133 Å². The van der Waals surface area contributed by atoms with Crippen LogP contribution < -0.4 is 10.6 Å². The van der Waals surface area contributed by atoms with Gasteiger partial charge in [-0.3, -0.25) is 0 Å². The van der Waals surface area contributed by atoms with Gasteiger partial charge >= 0.3 is 0 Å². The molecule has 53 heavy (non-hydrogen) atoms. The molecule has 1 unspecified atom stereocenters. The zero-order valence-corrected chi connectivity index (χ0v) is 32.5. The summed E-state index contributed by atoms with van der Waals surface area (Å²) in [6, 6.07) is 33.9. The first-order valence-corrected chi connectivity index (χ1v) is 19.8. The molecule has 0 heterocycles. The van der Waals surface area contributed by atoms with Crippen LogP contribution >= 0.6 is 0 Å². The van der Waals surface area contributed by atoms with E-state index >= 15 is 0 Å². The first-order chi connectivity index (χ1) is 25.5. The minimum Gasteiger partial charge on any atom is -0.355 e. The second kappa shape index (κ2) is 13.7. The van der Waals surface area contributed by atoms with Gasteiger partial charge in [0.15, 0.2) is 0 Å². The Hall–Kier alpha value is -5.08. The summed E-state index contributed by atoms with van der Waals surface area (Å²) in [5.74, 6) is 0.431. The van der Waals surface area contributed by atoms with Gasteiger partial charge in [-0.2, -0.15) is 0 Å². The van der Waals surface area contributed by atoms with Crippen LogP contribution in [0, 0.1) is 0 Å². The van der Waals surface area contributed by atoms with Crippen LogP contribution in [0.1, 0.15) is 118 Å². The monoisotopic (exact) mass is 694 g/mol. The Bertz CT molecular complexity index is 2260. The maximum Gasteiger partial charge on any atom is 0.0537 e. The van der Waals surface area contributed by atoms with E-state index in [0.29, 0.717) is 5.92 Å². The summed E-state index contributed by atoms with van der Waals surface area (Å²) in [6.07, 6.45) is 15.8. The topological polar surface area (TPSA) is 24.1 Å². The molecule has 0 saturated heterocycles. The Kier molecular flexibility index (Phi) is 9.05. The lowest BCUT2D eigenvalue weighted by Gasteiger charge is -2.26. The Labute approximate surface area is 317 Å². The number of anilines is 3. The first-order valence-electron chi connectivity index (χ1n) is 19.8. The first kappa shape index (κ1) is 35.0. The molecule has 0 aliphatic heterocycles. The lowest BCUT2D eigenvalue weighted by molar-refractivity contribution is 0.403. The van der Waals surface area contributed by atoms with Crippen molar-refractivity contribution in [1.29, 1.82) is 0 Å². The average Bonchev–Trinajstić information content (AvgIpc) is 3.26. The molecule has 0 amide bonds. The number of fused-ring (bicyclic) bond motifs is 4. The van der Waals surface area contributed by atoms with Crippen molar-refractivity contribution in [3.05, 3.63) is 154 Å². The van der Waals surface area contributed by atoms with Crippen molar-refractivity contribution < 1.29 is 0 Å². The lowest BCUT2D eigenvalue weighted by Crippen LogP contribution is -2.18. The molecule has 0 fully saturated rings. The van der Waals surface area contributed by atoms with Crippen molar-refractivity contribution in [1.82, 2.24) is 0 Å². The van der Waals surface area contributed by atoms with Crippen LogP contribution in [0.4, 0.5) is 17.1 Å². The third-order valence-electron chi connectivity index (χ3n) is 12.2. The predicted octanol–water partition coefficient (Wildman–Crippen LogP) is 14.2. The van der Waals surface area contributed by atoms with Crippen LogP contribution in [-0.2, 0) is 23.7 Å². The molecule has 5 aromatic rings. The number of hydrogen-bond acceptors (Lipinski definition) is 2. The highest BCUT2D eigenvalue weighted by atomic mass is 14.9. The summed E-state index contributed by atoms with van der Waals surface area (Å²) in [5.41, 5.74) is 20.4. The molecule has 0 radical (unpaired) electrons. The number of rotatable bonds is 9. The van der Waals surface area contributed by atoms with Crippen LogP contribution in [0.3, 0.4) is 0 Å². The minimum absolute atomic E-state index is 0.115. The Morgan fingerprint density at radius 2 is 1.40 bits per heavy atom. The van der Waals surface area contributed by atoms with Gasteiger partial charge in [0.1, 0.15) is 0 Å². The van der Waals surface area contributed by atoms with E-state index in [0.717, 1.165) is 48.4 Å². The van der Waals surface area contributed by atoms with Crippen molar-refractivity contribution in [2.45, 2.75) is 96.8 Å². The van der Waals surface area contributed by atoms with Crippen molar-refractivity contribution in [2.24, 2.45) is 0 Å². The molecule has 0 saturated carbocycles. The Morgan fingerprint density at radius 1 is 0.736 bits per heavy atom. The largest absolute Gasteiger partial charge is 0.355 e. The third kappa shape index (κ3) is 6.58. The molecule has 2 bridgehead atoms. The smallest absolute Gasteiger partial charge is 0.0537 e. The van der Waals surface area contributed by atoms with Gasteiger partial charge in [-0.05, 0) is 136 Å². The van der Waals surface area contributed by atoms with Gasteiger partial charge in [0, 0.05) is 33.8 Å². The zero-order chi connectivity index (χ0) is 36.9. The van der Waals surface area contributed by atoms with E-state index in [1.165, 1.54) is 79.6 Å². The highest BCUT2D eigenvalue weighted by molar-refractivity contribution is 5.97. The standard InChI is InChI=1S/C51H54N2/c1-8-33(2)43-30-46-47(51(6,7)32-50(46,4)5)31-44(43)34(3)52-49-37-18-14-15-21-42(49)41(27-24-37)45-28-38-19-12-13-20-39(38)29-48(45)53-40-25-22-36(23-26-40)35-16-10-9-11-17-35/h9-11,14-18,21-31,33,52-53H,3,8,12-13,19-20,32H2,1-2,4-7H3. The summed E-state index contributed by atoms with van der Waals surface area (Å²) in [4.78, 5) is 0. The molecule has 2 heteroatoms. The van der Waals surface area contributed by atoms with Crippen molar-refractivity contribution in [3.63, 3.8) is 0 Å². The number of allylic oxidation sites excluding steroid dienone is 2. The van der Waals surface area contributed by atoms with E-state index in [-0.39, 0.29) is 10.8 Å². The number of benzene rings is 5. The van der Waals surface area contributed by atoms with Crippen LogP contribution in [-0.4, -0.2) is 0 Å². The molecule has 0 aromatic heterocycles. The minimum atomic E-state index is 0.115. The van der Waals surface area contributed by atoms with E-state index in [2.05, 4.69) is 167 Å². The number of nitrogens with one attached hydrogen (secondary N) is 2.